The van der Waals surface area contributed by atoms with Crippen LogP contribution < -0.4 is 5.73 Å². The fraction of sp³-hybridized carbons (Fsp3) is 0.889. The van der Waals surface area contributed by atoms with E-state index in [1.54, 1.807) is 0 Å². The van der Waals surface area contributed by atoms with Gasteiger partial charge in [-0.2, -0.15) is 0 Å². The predicted octanol–water partition coefficient (Wildman–Crippen LogP) is 0.520. The Labute approximate surface area is 79.7 Å². The van der Waals surface area contributed by atoms with E-state index >= 15 is 0 Å². The van der Waals surface area contributed by atoms with Crippen molar-refractivity contribution in [3.05, 3.63) is 0 Å². The molecule has 1 unspecified atom stereocenters. The van der Waals surface area contributed by atoms with Gasteiger partial charge in [0.25, 0.3) is 0 Å². The fourth-order valence-electron chi connectivity index (χ4n) is 1.20. The third-order valence-corrected chi connectivity index (χ3v) is 2.20. The van der Waals surface area contributed by atoms with Crippen molar-refractivity contribution in [1.29, 1.82) is 0 Å². The summed E-state index contributed by atoms with van der Waals surface area (Å²) in [6.07, 6.45) is 1.42. The summed E-state index contributed by atoms with van der Waals surface area (Å²) >= 11 is 0. The molecule has 0 aromatic carbocycles. The summed E-state index contributed by atoms with van der Waals surface area (Å²) in [7, 11) is 0. The van der Waals surface area contributed by atoms with E-state index in [0.717, 1.165) is 26.1 Å². The van der Waals surface area contributed by atoms with Gasteiger partial charge in [-0.25, -0.2) is 0 Å². The monoisotopic (exact) mass is 188 g/mol. The second-order valence-corrected chi connectivity index (χ2v) is 3.11. The van der Waals surface area contributed by atoms with Crippen LogP contribution in [-0.2, 0) is 4.79 Å². The topological polar surface area (TPSA) is 66.6 Å². The van der Waals surface area contributed by atoms with Crippen LogP contribution in [0.1, 0.15) is 26.7 Å². The van der Waals surface area contributed by atoms with Gasteiger partial charge in [0.1, 0.15) is 6.04 Å². The molecule has 78 valence electrons. The van der Waals surface area contributed by atoms with Gasteiger partial charge >= 0.3 is 5.97 Å². The molecule has 3 N–H and O–H groups in total. The van der Waals surface area contributed by atoms with E-state index in [9.17, 15) is 4.79 Å². The van der Waals surface area contributed by atoms with Gasteiger partial charge in [0.2, 0.25) is 0 Å². The van der Waals surface area contributed by atoms with Crippen molar-refractivity contribution in [2.75, 3.05) is 19.6 Å². The minimum Gasteiger partial charge on any atom is -0.480 e. The minimum atomic E-state index is -0.903. The van der Waals surface area contributed by atoms with Gasteiger partial charge in [0, 0.05) is 0 Å². The first-order valence-corrected chi connectivity index (χ1v) is 4.82. The molecule has 0 heterocycles. The molecule has 0 spiro atoms. The minimum absolute atomic E-state index is 0.561. The second-order valence-electron chi connectivity index (χ2n) is 3.11. The molecule has 4 nitrogen and oxygen atoms in total. The SMILES string of the molecule is CCN(CC)CCCC(N)C(=O)O. The Morgan fingerprint density at radius 3 is 2.38 bits per heavy atom. The van der Waals surface area contributed by atoms with Gasteiger partial charge in [0.15, 0.2) is 0 Å². The van der Waals surface area contributed by atoms with E-state index in [1.807, 2.05) is 0 Å². The number of hydrogen-bond donors (Lipinski definition) is 2. The first-order valence-electron chi connectivity index (χ1n) is 4.82. The van der Waals surface area contributed by atoms with Crippen molar-refractivity contribution in [1.82, 2.24) is 4.90 Å². The van der Waals surface area contributed by atoms with Crippen LogP contribution in [0.2, 0.25) is 0 Å². The zero-order chi connectivity index (χ0) is 10.3. The van der Waals surface area contributed by atoms with Crippen LogP contribution in [0, 0.1) is 0 Å². The number of rotatable bonds is 7. The molecule has 0 aliphatic rings. The van der Waals surface area contributed by atoms with Crippen molar-refractivity contribution in [2.45, 2.75) is 32.7 Å². The zero-order valence-corrected chi connectivity index (χ0v) is 8.49. The molecule has 0 aromatic heterocycles. The van der Waals surface area contributed by atoms with E-state index in [2.05, 4.69) is 18.7 Å². The Hall–Kier alpha value is -0.610. The Bertz CT molecular complexity index is 147. The third kappa shape index (κ3) is 5.60. The van der Waals surface area contributed by atoms with E-state index in [4.69, 9.17) is 10.8 Å². The van der Waals surface area contributed by atoms with Gasteiger partial charge in [-0.1, -0.05) is 13.8 Å². The quantitative estimate of drug-likeness (QED) is 0.611. The molecular formula is C9H20N2O2. The van der Waals surface area contributed by atoms with Crippen LogP contribution in [0.5, 0.6) is 0 Å². The predicted molar refractivity (Wildman–Crippen MR) is 52.6 cm³/mol. The number of aliphatic carboxylic acids is 1. The van der Waals surface area contributed by atoms with Gasteiger partial charge in [-0.3, -0.25) is 4.79 Å². The number of carboxylic acid groups (broad SMARTS) is 1. The van der Waals surface area contributed by atoms with Crippen LogP contribution >= 0.6 is 0 Å². The third-order valence-electron chi connectivity index (χ3n) is 2.20. The number of carboxylic acids is 1. The fourth-order valence-corrected chi connectivity index (χ4v) is 1.20. The van der Waals surface area contributed by atoms with Gasteiger partial charge in [-0.15, -0.1) is 0 Å². The summed E-state index contributed by atoms with van der Waals surface area (Å²) < 4.78 is 0. The maximum Gasteiger partial charge on any atom is 0.320 e. The molecule has 0 fully saturated rings. The molecule has 0 aromatic rings. The molecule has 4 heteroatoms. The molecule has 0 saturated heterocycles. The summed E-state index contributed by atoms with van der Waals surface area (Å²) in [6, 6.07) is -0.699. The van der Waals surface area contributed by atoms with Gasteiger partial charge < -0.3 is 15.7 Å². The summed E-state index contributed by atoms with van der Waals surface area (Å²) in [5.74, 6) is -0.903. The van der Waals surface area contributed by atoms with Crippen molar-refractivity contribution in [3.8, 4) is 0 Å². The molecule has 0 saturated carbocycles. The molecular weight excluding hydrogens is 168 g/mol. The van der Waals surface area contributed by atoms with E-state index in [-0.39, 0.29) is 0 Å². The molecule has 0 aliphatic heterocycles. The smallest absolute Gasteiger partial charge is 0.320 e. The van der Waals surface area contributed by atoms with Gasteiger partial charge in [0.05, 0.1) is 0 Å². The second kappa shape index (κ2) is 6.86. The average molecular weight is 188 g/mol. The van der Waals surface area contributed by atoms with Crippen LogP contribution in [0.4, 0.5) is 0 Å². The highest BCUT2D eigenvalue weighted by Crippen LogP contribution is 1.98. The van der Waals surface area contributed by atoms with Crippen LogP contribution in [-0.4, -0.2) is 41.7 Å². The van der Waals surface area contributed by atoms with Gasteiger partial charge in [-0.05, 0) is 32.5 Å². The highest BCUT2D eigenvalue weighted by molar-refractivity contribution is 5.72. The summed E-state index contributed by atoms with van der Waals surface area (Å²) in [4.78, 5) is 12.6. The highest BCUT2D eigenvalue weighted by Gasteiger charge is 2.10. The molecule has 0 amide bonds. The normalized spacial score (nSPS) is 13.2. The summed E-state index contributed by atoms with van der Waals surface area (Å²) in [5.41, 5.74) is 5.37. The Morgan fingerprint density at radius 2 is 2.00 bits per heavy atom. The summed E-state index contributed by atoms with van der Waals surface area (Å²) in [5, 5.41) is 8.52. The van der Waals surface area contributed by atoms with Crippen LogP contribution in [0.15, 0.2) is 0 Å². The molecule has 1 atom stereocenters. The zero-order valence-electron chi connectivity index (χ0n) is 8.49. The number of nitrogens with two attached hydrogens (primary N) is 1. The Balaban J connectivity index is 3.48. The Kier molecular flexibility index (Phi) is 6.54. The van der Waals surface area contributed by atoms with Crippen molar-refractivity contribution in [2.24, 2.45) is 5.73 Å². The largest absolute Gasteiger partial charge is 0.480 e. The van der Waals surface area contributed by atoms with E-state index in [1.165, 1.54) is 0 Å². The average Bonchev–Trinajstić information content (AvgIpc) is 2.12. The van der Waals surface area contributed by atoms with E-state index in [0.29, 0.717) is 6.42 Å². The lowest BCUT2D eigenvalue weighted by Gasteiger charge is -2.18. The first-order chi connectivity index (χ1) is 6.11. The Morgan fingerprint density at radius 1 is 1.46 bits per heavy atom. The molecule has 13 heavy (non-hydrogen) atoms. The number of hydrogen-bond acceptors (Lipinski definition) is 3. The van der Waals surface area contributed by atoms with Crippen LogP contribution in [0.3, 0.4) is 0 Å². The maximum atomic E-state index is 10.4. The lowest BCUT2D eigenvalue weighted by atomic mass is 10.1. The maximum absolute atomic E-state index is 10.4. The molecule has 0 radical (unpaired) electrons. The number of carbonyl (C=O) groups is 1. The molecule has 0 bridgehead atoms. The van der Waals surface area contributed by atoms with Crippen molar-refractivity contribution >= 4 is 5.97 Å². The molecule has 0 rings (SSSR count). The lowest BCUT2D eigenvalue weighted by molar-refractivity contribution is -0.138. The molecule has 0 aliphatic carbocycles. The number of nitrogens with zero attached hydrogens (tertiary/aromatic N) is 1. The lowest BCUT2D eigenvalue weighted by Crippen LogP contribution is -2.32. The van der Waals surface area contributed by atoms with Crippen molar-refractivity contribution < 1.29 is 9.90 Å². The van der Waals surface area contributed by atoms with Crippen LogP contribution in [0.25, 0.3) is 0 Å². The first kappa shape index (κ1) is 12.4. The van der Waals surface area contributed by atoms with Crippen molar-refractivity contribution in [3.63, 3.8) is 0 Å². The summed E-state index contributed by atoms with van der Waals surface area (Å²) in [6.45, 7) is 7.16. The van der Waals surface area contributed by atoms with E-state index < -0.39 is 12.0 Å². The highest BCUT2D eigenvalue weighted by atomic mass is 16.4. The standard InChI is InChI=1S/C9H20N2O2/c1-3-11(4-2)7-5-6-8(10)9(12)13/h8H,3-7,10H2,1-2H3,(H,12,13).